The maximum atomic E-state index is 12.5. The summed E-state index contributed by atoms with van der Waals surface area (Å²) in [6.07, 6.45) is 0. The van der Waals surface area contributed by atoms with Crippen molar-refractivity contribution in [3.63, 3.8) is 0 Å². The van der Waals surface area contributed by atoms with Crippen LogP contribution in [0.25, 0.3) is 0 Å². The summed E-state index contributed by atoms with van der Waals surface area (Å²) in [7, 11) is 0. The minimum Gasteiger partial charge on any atom is -0.355 e. The number of hydrogen-bond donors (Lipinski definition) is 2. The molecule has 2 heterocycles. The Bertz CT molecular complexity index is 580. The molecule has 6 heteroatoms. The van der Waals surface area contributed by atoms with Crippen LogP contribution >= 0.6 is 15.9 Å². The number of nitrogens with zero attached hydrogens (tertiary/aromatic N) is 2. The van der Waals surface area contributed by atoms with Gasteiger partial charge in [0.1, 0.15) is 5.66 Å². The molecular formula is C13H15BrN4O. The molecule has 100 valence electrons. The molecule has 1 fully saturated rings. The number of carbonyl (C=O) groups is 1. The average molecular weight is 323 g/mol. The maximum absolute atomic E-state index is 12.5. The third kappa shape index (κ3) is 1.21. The summed E-state index contributed by atoms with van der Waals surface area (Å²) in [5, 5.41) is 25.1. The smallest absolute Gasteiger partial charge is 0.248 e. The molecule has 5 nitrogen and oxygen atoms in total. The lowest BCUT2D eigenvalue weighted by Crippen LogP contribution is -2.67. The van der Waals surface area contributed by atoms with Crippen LogP contribution < -0.4 is 10.6 Å². The summed E-state index contributed by atoms with van der Waals surface area (Å²) in [5.74, 6) is -0.360. The minimum atomic E-state index is -1.46. The van der Waals surface area contributed by atoms with Crippen molar-refractivity contribution >= 4 is 21.8 Å². The van der Waals surface area contributed by atoms with E-state index in [9.17, 15) is 15.3 Å². The van der Waals surface area contributed by atoms with E-state index in [-0.39, 0.29) is 11.5 Å². The highest BCUT2D eigenvalue weighted by atomic mass is 79.9. The second kappa shape index (κ2) is 3.74. The molecule has 0 spiro atoms. The SMILES string of the molecule is CC(C)[C@@]12NC(=O)[C@@](C#N)(C(C#N)=C(Br)N1)C2(C)C. The minimum absolute atomic E-state index is 0.0504. The first-order chi connectivity index (χ1) is 8.71. The number of hydrogen-bond acceptors (Lipinski definition) is 4. The first-order valence-corrected chi connectivity index (χ1v) is 6.83. The average Bonchev–Trinajstić information content (AvgIpc) is 2.43. The van der Waals surface area contributed by atoms with E-state index in [1.54, 1.807) is 0 Å². The van der Waals surface area contributed by atoms with E-state index in [4.69, 9.17) is 0 Å². The van der Waals surface area contributed by atoms with Crippen molar-refractivity contribution in [3.8, 4) is 12.1 Å². The Morgan fingerprint density at radius 3 is 2.26 bits per heavy atom. The molecule has 2 atom stereocenters. The van der Waals surface area contributed by atoms with Gasteiger partial charge in [-0.05, 0) is 21.8 Å². The summed E-state index contributed by atoms with van der Waals surface area (Å²) in [5.41, 5.74) is -2.82. The van der Waals surface area contributed by atoms with Gasteiger partial charge in [-0.2, -0.15) is 10.5 Å². The molecule has 0 radical (unpaired) electrons. The molecule has 0 aromatic heterocycles. The molecule has 2 aliphatic rings. The first kappa shape index (κ1) is 13.9. The maximum Gasteiger partial charge on any atom is 0.248 e. The summed E-state index contributed by atoms with van der Waals surface area (Å²) >= 11 is 3.30. The van der Waals surface area contributed by atoms with Gasteiger partial charge in [-0.25, -0.2) is 0 Å². The van der Waals surface area contributed by atoms with Crippen LogP contribution in [0.1, 0.15) is 27.7 Å². The normalized spacial score (nSPS) is 35.5. The van der Waals surface area contributed by atoms with Gasteiger partial charge in [0.15, 0.2) is 5.41 Å². The lowest BCUT2D eigenvalue weighted by Gasteiger charge is -2.51. The van der Waals surface area contributed by atoms with Gasteiger partial charge in [-0.15, -0.1) is 0 Å². The summed E-state index contributed by atoms with van der Waals surface area (Å²) in [6.45, 7) is 7.63. The molecule has 0 saturated carbocycles. The van der Waals surface area contributed by atoms with Gasteiger partial charge in [0, 0.05) is 5.41 Å². The monoisotopic (exact) mass is 322 g/mol. The van der Waals surface area contributed by atoms with Crippen LogP contribution in [0.2, 0.25) is 0 Å². The zero-order valence-corrected chi connectivity index (χ0v) is 12.8. The third-order valence-corrected chi connectivity index (χ3v) is 5.22. The number of nitriles is 2. The Balaban J connectivity index is 2.88. The second-order valence-electron chi connectivity index (χ2n) is 5.83. The van der Waals surface area contributed by atoms with E-state index in [2.05, 4.69) is 32.6 Å². The largest absolute Gasteiger partial charge is 0.355 e. The Hall–Kier alpha value is -1.53. The van der Waals surface area contributed by atoms with Gasteiger partial charge in [-0.1, -0.05) is 27.7 Å². The van der Waals surface area contributed by atoms with E-state index < -0.39 is 22.4 Å². The summed E-state index contributed by atoms with van der Waals surface area (Å²) in [4.78, 5) is 12.5. The van der Waals surface area contributed by atoms with Crippen molar-refractivity contribution in [3.05, 3.63) is 10.2 Å². The standard InChI is InChI=1S/C13H15BrN4O/c1-7(2)13-11(3,4)12(6-16,10(19)18-13)8(5-15)9(14)17-13/h7,17H,1-4H3,(H,18,19)/t12-,13+/m1/s1. The van der Waals surface area contributed by atoms with E-state index in [0.29, 0.717) is 4.61 Å². The van der Waals surface area contributed by atoms with Gasteiger partial charge in [0.05, 0.1) is 22.3 Å². The fourth-order valence-electron chi connectivity index (χ4n) is 3.41. The Kier molecular flexibility index (Phi) is 2.73. The number of carbonyl (C=O) groups excluding carboxylic acids is 1. The van der Waals surface area contributed by atoms with Crippen LogP contribution in [0.5, 0.6) is 0 Å². The van der Waals surface area contributed by atoms with Crippen molar-refractivity contribution in [1.29, 1.82) is 10.5 Å². The molecule has 2 aliphatic heterocycles. The van der Waals surface area contributed by atoms with E-state index in [0.717, 1.165) is 0 Å². The molecule has 0 aliphatic carbocycles. The lowest BCUT2D eigenvalue weighted by atomic mass is 9.56. The topological polar surface area (TPSA) is 88.7 Å². The van der Waals surface area contributed by atoms with Gasteiger partial charge in [0.2, 0.25) is 5.91 Å². The predicted octanol–water partition coefficient (Wildman–Crippen LogP) is 1.74. The first-order valence-electron chi connectivity index (χ1n) is 6.03. The zero-order chi connectivity index (χ0) is 14.6. The summed E-state index contributed by atoms with van der Waals surface area (Å²) < 4.78 is 0.419. The molecular weight excluding hydrogens is 308 g/mol. The molecule has 0 aromatic rings. The molecule has 0 aromatic carbocycles. The fourth-order valence-corrected chi connectivity index (χ4v) is 4.11. The van der Waals surface area contributed by atoms with Gasteiger partial charge in [-0.3, -0.25) is 4.79 Å². The van der Waals surface area contributed by atoms with Crippen molar-refractivity contribution in [2.24, 2.45) is 16.7 Å². The second-order valence-corrected chi connectivity index (χ2v) is 6.62. The number of amides is 1. The van der Waals surface area contributed by atoms with Crippen LogP contribution in [0.15, 0.2) is 10.2 Å². The number of rotatable bonds is 1. The van der Waals surface area contributed by atoms with E-state index in [1.807, 2.05) is 33.8 Å². The highest BCUT2D eigenvalue weighted by Gasteiger charge is 2.74. The fraction of sp³-hybridized carbons (Fsp3) is 0.615. The lowest BCUT2D eigenvalue weighted by molar-refractivity contribution is -0.125. The molecule has 19 heavy (non-hydrogen) atoms. The van der Waals surface area contributed by atoms with Crippen molar-refractivity contribution in [1.82, 2.24) is 10.6 Å². The summed E-state index contributed by atoms with van der Waals surface area (Å²) in [6, 6.07) is 4.10. The van der Waals surface area contributed by atoms with Crippen molar-refractivity contribution in [2.75, 3.05) is 0 Å². The molecule has 2 N–H and O–H groups in total. The van der Waals surface area contributed by atoms with Gasteiger partial charge < -0.3 is 10.6 Å². The van der Waals surface area contributed by atoms with E-state index in [1.165, 1.54) is 0 Å². The number of nitrogens with one attached hydrogen (secondary N) is 2. The Morgan fingerprint density at radius 1 is 1.26 bits per heavy atom. The Morgan fingerprint density at radius 2 is 1.84 bits per heavy atom. The molecule has 2 bridgehead atoms. The Labute approximate surface area is 120 Å². The third-order valence-electron chi connectivity index (χ3n) is 4.62. The van der Waals surface area contributed by atoms with Gasteiger partial charge in [0.25, 0.3) is 0 Å². The molecule has 2 rings (SSSR count). The van der Waals surface area contributed by atoms with Crippen LogP contribution in [0.3, 0.4) is 0 Å². The van der Waals surface area contributed by atoms with Crippen LogP contribution in [-0.4, -0.2) is 11.6 Å². The zero-order valence-electron chi connectivity index (χ0n) is 11.3. The molecule has 1 saturated heterocycles. The number of fused-ring (bicyclic) bond motifs is 2. The van der Waals surface area contributed by atoms with Crippen LogP contribution in [0, 0.1) is 39.4 Å². The van der Waals surface area contributed by atoms with Crippen molar-refractivity contribution < 1.29 is 4.79 Å². The molecule has 0 unspecified atom stereocenters. The van der Waals surface area contributed by atoms with Crippen molar-refractivity contribution in [2.45, 2.75) is 33.4 Å². The van der Waals surface area contributed by atoms with E-state index >= 15 is 0 Å². The number of halogens is 1. The predicted molar refractivity (Wildman–Crippen MR) is 72.2 cm³/mol. The van der Waals surface area contributed by atoms with Crippen LogP contribution in [-0.2, 0) is 4.79 Å². The highest BCUT2D eigenvalue weighted by Crippen LogP contribution is 2.60. The van der Waals surface area contributed by atoms with Gasteiger partial charge >= 0.3 is 0 Å². The van der Waals surface area contributed by atoms with Crippen LogP contribution in [0.4, 0.5) is 0 Å². The quantitative estimate of drug-likeness (QED) is 0.719. The highest BCUT2D eigenvalue weighted by molar-refractivity contribution is 9.11. The molecule has 1 amide bonds.